The molecule has 0 saturated heterocycles. The lowest BCUT2D eigenvalue weighted by Gasteiger charge is -2.34. The minimum atomic E-state index is -0.454. The Bertz CT molecular complexity index is 581. The molecule has 2 N–H and O–H groups in total. The van der Waals surface area contributed by atoms with Gasteiger partial charge in [-0.15, -0.1) is 0 Å². The van der Waals surface area contributed by atoms with E-state index in [0.29, 0.717) is 11.7 Å². The molecule has 0 saturated carbocycles. The fourth-order valence-corrected chi connectivity index (χ4v) is 1.59. The van der Waals surface area contributed by atoms with Crippen LogP contribution in [0.15, 0.2) is 23.0 Å². The van der Waals surface area contributed by atoms with Crippen LogP contribution in [0.3, 0.4) is 0 Å². The molecule has 0 fully saturated rings. The van der Waals surface area contributed by atoms with Gasteiger partial charge >= 0.3 is 0 Å². The van der Waals surface area contributed by atoms with Crippen molar-refractivity contribution >= 4 is 0 Å². The number of nitrogens with two attached hydrogens (primary N) is 1. The monoisotopic (exact) mass is 260 g/mol. The van der Waals surface area contributed by atoms with E-state index in [1.807, 2.05) is 40.7 Å². The van der Waals surface area contributed by atoms with Crippen LogP contribution in [-0.2, 0) is 5.41 Å². The molecular formula is C14H20N4O. The highest BCUT2D eigenvalue weighted by Gasteiger charge is 2.40. The van der Waals surface area contributed by atoms with Gasteiger partial charge in [-0.25, -0.2) is 0 Å². The summed E-state index contributed by atoms with van der Waals surface area (Å²) in [5.74, 6) is 1.12. The van der Waals surface area contributed by atoms with Crippen LogP contribution in [0, 0.1) is 6.92 Å². The average molecular weight is 260 g/mol. The van der Waals surface area contributed by atoms with E-state index in [1.165, 1.54) is 0 Å². The van der Waals surface area contributed by atoms with Gasteiger partial charge in [-0.2, -0.15) is 4.98 Å². The molecule has 5 nitrogen and oxygen atoms in total. The zero-order valence-electron chi connectivity index (χ0n) is 12.1. The molecule has 0 bridgehead atoms. The van der Waals surface area contributed by atoms with Gasteiger partial charge in [0.15, 0.2) is 0 Å². The van der Waals surface area contributed by atoms with E-state index < -0.39 is 11.0 Å². The molecule has 2 aromatic heterocycles. The number of hydrogen-bond donors (Lipinski definition) is 1. The van der Waals surface area contributed by atoms with Gasteiger partial charge in [0.2, 0.25) is 11.7 Å². The summed E-state index contributed by atoms with van der Waals surface area (Å²) >= 11 is 0. The van der Waals surface area contributed by atoms with Crippen molar-refractivity contribution < 1.29 is 4.52 Å². The van der Waals surface area contributed by atoms with Crippen LogP contribution in [0.5, 0.6) is 0 Å². The van der Waals surface area contributed by atoms with E-state index in [9.17, 15) is 0 Å². The zero-order chi connectivity index (χ0) is 14.3. The standard InChI is InChI=1S/C14H20N4O/c1-9-8-16-7-6-10(9)11-17-12(19-18-11)13(2,3)14(4,5)15/h6-8H,15H2,1-5H3. The first kappa shape index (κ1) is 13.7. The molecule has 0 amide bonds. The molecule has 0 aliphatic carbocycles. The Morgan fingerprint density at radius 2 is 1.89 bits per heavy atom. The first-order valence-electron chi connectivity index (χ1n) is 6.27. The van der Waals surface area contributed by atoms with Crippen molar-refractivity contribution in [2.45, 2.75) is 45.6 Å². The third-order valence-electron chi connectivity index (χ3n) is 3.83. The number of nitrogens with zero attached hydrogens (tertiary/aromatic N) is 3. The van der Waals surface area contributed by atoms with Gasteiger partial charge in [-0.1, -0.05) is 5.16 Å². The third kappa shape index (κ3) is 2.38. The number of pyridine rings is 1. The second kappa shape index (κ2) is 4.42. The third-order valence-corrected chi connectivity index (χ3v) is 3.83. The number of rotatable bonds is 3. The van der Waals surface area contributed by atoms with E-state index in [4.69, 9.17) is 10.3 Å². The molecular weight excluding hydrogens is 240 g/mol. The molecule has 0 atom stereocenters. The van der Waals surface area contributed by atoms with Crippen molar-refractivity contribution in [2.24, 2.45) is 5.73 Å². The van der Waals surface area contributed by atoms with E-state index in [-0.39, 0.29) is 0 Å². The summed E-state index contributed by atoms with van der Waals surface area (Å²) < 4.78 is 5.40. The molecule has 102 valence electrons. The predicted octanol–water partition coefficient (Wildman–Crippen LogP) is 2.45. The van der Waals surface area contributed by atoms with Gasteiger partial charge in [0.05, 0.1) is 5.41 Å². The molecule has 0 aromatic carbocycles. The molecule has 0 unspecified atom stereocenters. The smallest absolute Gasteiger partial charge is 0.234 e. The minimum absolute atomic E-state index is 0.404. The molecule has 2 heterocycles. The summed E-state index contributed by atoms with van der Waals surface area (Å²) in [5.41, 5.74) is 7.27. The van der Waals surface area contributed by atoms with Gasteiger partial charge in [0.25, 0.3) is 0 Å². The Hall–Kier alpha value is -1.75. The first-order chi connectivity index (χ1) is 8.73. The second-order valence-electron chi connectivity index (χ2n) is 5.96. The SMILES string of the molecule is Cc1cnccc1-c1noc(C(C)(C)C(C)(C)N)n1. The van der Waals surface area contributed by atoms with Crippen molar-refractivity contribution in [3.63, 3.8) is 0 Å². The lowest BCUT2D eigenvalue weighted by atomic mass is 9.75. The molecule has 5 heteroatoms. The highest BCUT2D eigenvalue weighted by molar-refractivity contribution is 5.58. The summed E-state index contributed by atoms with van der Waals surface area (Å²) in [7, 11) is 0. The first-order valence-corrected chi connectivity index (χ1v) is 6.27. The highest BCUT2D eigenvalue weighted by atomic mass is 16.5. The van der Waals surface area contributed by atoms with Crippen LogP contribution in [0.25, 0.3) is 11.4 Å². The van der Waals surface area contributed by atoms with Crippen LogP contribution in [0.2, 0.25) is 0 Å². The summed E-state index contributed by atoms with van der Waals surface area (Å²) in [6, 6.07) is 1.88. The fraction of sp³-hybridized carbons (Fsp3) is 0.500. The number of hydrogen-bond acceptors (Lipinski definition) is 5. The Morgan fingerprint density at radius 1 is 1.21 bits per heavy atom. The van der Waals surface area contributed by atoms with Crippen molar-refractivity contribution in [1.29, 1.82) is 0 Å². The van der Waals surface area contributed by atoms with Gasteiger partial charge in [-0.3, -0.25) is 4.98 Å². The normalized spacial score (nSPS) is 12.7. The van der Waals surface area contributed by atoms with E-state index >= 15 is 0 Å². The molecule has 0 aliphatic heterocycles. The van der Waals surface area contributed by atoms with Gasteiger partial charge in [0, 0.05) is 23.5 Å². The van der Waals surface area contributed by atoms with Crippen molar-refractivity contribution in [1.82, 2.24) is 15.1 Å². The summed E-state index contributed by atoms with van der Waals surface area (Å²) in [6.45, 7) is 9.88. The van der Waals surface area contributed by atoms with Crippen molar-refractivity contribution in [3.8, 4) is 11.4 Å². The lowest BCUT2D eigenvalue weighted by molar-refractivity contribution is 0.223. The maximum Gasteiger partial charge on any atom is 0.234 e. The van der Waals surface area contributed by atoms with Crippen molar-refractivity contribution in [2.75, 3.05) is 0 Å². The Balaban J connectivity index is 2.43. The largest absolute Gasteiger partial charge is 0.338 e. The number of aryl methyl sites for hydroxylation is 1. The molecule has 2 aromatic rings. The molecule has 0 spiro atoms. The van der Waals surface area contributed by atoms with E-state index in [2.05, 4.69) is 15.1 Å². The molecule has 0 radical (unpaired) electrons. The minimum Gasteiger partial charge on any atom is -0.338 e. The van der Waals surface area contributed by atoms with Crippen LogP contribution in [-0.4, -0.2) is 20.7 Å². The Kier molecular flexibility index (Phi) is 3.18. The van der Waals surface area contributed by atoms with Crippen molar-refractivity contribution in [3.05, 3.63) is 29.9 Å². The quantitative estimate of drug-likeness (QED) is 0.917. The predicted molar refractivity (Wildman–Crippen MR) is 73.6 cm³/mol. The van der Waals surface area contributed by atoms with Gasteiger partial charge in [0.1, 0.15) is 0 Å². The zero-order valence-corrected chi connectivity index (χ0v) is 12.1. The topological polar surface area (TPSA) is 77.8 Å². The van der Waals surface area contributed by atoms with E-state index in [0.717, 1.165) is 11.1 Å². The van der Waals surface area contributed by atoms with Crippen LogP contribution < -0.4 is 5.73 Å². The number of aromatic nitrogens is 3. The molecule has 2 rings (SSSR count). The van der Waals surface area contributed by atoms with Gasteiger partial charge < -0.3 is 10.3 Å². The molecule has 0 aliphatic rings. The highest BCUT2D eigenvalue weighted by Crippen LogP contribution is 2.33. The fourth-order valence-electron chi connectivity index (χ4n) is 1.59. The average Bonchev–Trinajstić information content (AvgIpc) is 2.77. The Morgan fingerprint density at radius 3 is 2.47 bits per heavy atom. The summed E-state index contributed by atoms with van der Waals surface area (Å²) in [5, 5.41) is 4.06. The van der Waals surface area contributed by atoms with E-state index in [1.54, 1.807) is 12.4 Å². The Labute approximate surface area is 113 Å². The summed E-state index contributed by atoms with van der Waals surface area (Å²) in [6.07, 6.45) is 3.50. The summed E-state index contributed by atoms with van der Waals surface area (Å²) in [4.78, 5) is 8.55. The maximum absolute atomic E-state index is 6.19. The molecule has 19 heavy (non-hydrogen) atoms. The van der Waals surface area contributed by atoms with Gasteiger partial charge in [-0.05, 0) is 46.2 Å². The lowest BCUT2D eigenvalue weighted by Crippen LogP contribution is -2.50. The second-order valence-corrected chi connectivity index (χ2v) is 5.96. The van der Waals surface area contributed by atoms with Crippen LogP contribution >= 0.6 is 0 Å². The van der Waals surface area contributed by atoms with Crippen LogP contribution in [0.4, 0.5) is 0 Å². The van der Waals surface area contributed by atoms with Crippen LogP contribution in [0.1, 0.15) is 39.1 Å². The maximum atomic E-state index is 6.19.